The van der Waals surface area contributed by atoms with Crippen molar-refractivity contribution < 1.29 is 28.8 Å². The third-order valence-electron chi connectivity index (χ3n) is 5.77. The quantitative estimate of drug-likeness (QED) is 0.318. The molecule has 0 aliphatic carbocycles. The second kappa shape index (κ2) is 11.3. The molecule has 1 aliphatic rings. The van der Waals surface area contributed by atoms with E-state index in [-0.39, 0.29) is 35.8 Å². The van der Waals surface area contributed by atoms with Gasteiger partial charge in [0.05, 0.1) is 36.6 Å². The van der Waals surface area contributed by atoms with Crippen LogP contribution in [0, 0.1) is 0 Å². The van der Waals surface area contributed by atoms with E-state index in [4.69, 9.17) is 18.9 Å². The van der Waals surface area contributed by atoms with Crippen molar-refractivity contribution in [3.8, 4) is 17.2 Å². The highest BCUT2D eigenvalue weighted by Gasteiger charge is 2.35. The van der Waals surface area contributed by atoms with Gasteiger partial charge >= 0.3 is 5.97 Å². The molecule has 0 radical (unpaired) electrons. The van der Waals surface area contributed by atoms with Crippen molar-refractivity contribution in [3.63, 3.8) is 0 Å². The summed E-state index contributed by atoms with van der Waals surface area (Å²) in [6.45, 7) is 1.99. The number of methoxy groups -OCH3 is 3. The van der Waals surface area contributed by atoms with Crippen molar-refractivity contribution in [1.82, 2.24) is 4.57 Å². The fourth-order valence-electron chi connectivity index (χ4n) is 4.07. The van der Waals surface area contributed by atoms with E-state index in [1.54, 1.807) is 37.3 Å². The van der Waals surface area contributed by atoms with Gasteiger partial charge in [0.2, 0.25) is 0 Å². The zero-order chi connectivity index (χ0) is 26.7. The average Bonchev–Trinajstić information content (AvgIpc) is 3.19. The normalized spacial score (nSPS) is 15.3. The summed E-state index contributed by atoms with van der Waals surface area (Å²) in [6.07, 6.45) is 1.57. The summed E-state index contributed by atoms with van der Waals surface area (Å²) in [5.74, 6) is 0.0693. The van der Waals surface area contributed by atoms with Crippen LogP contribution in [0.5, 0.6) is 17.2 Å². The number of rotatable bonds is 8. The Labute approximate surface area is 225 Å². The van der Waals surface area contributed by atoms with E-state index in [1.807, 2.05) is 12.1 Å². The number of nitrogens with zero attached hydrogens (tertiary/aromatic N) is 2. The van der Waals surface area contributed by atoms with Crippen molar-refractivity contribution in [2.24, 2.45) is 4.99 Å². The number of fused-ring (bicyclic) bond motifs is 1. The highest BCUT2D eigenvalue weighted by molar-refractivity contribution is 9.10. The lowest BCUT2D eigenvalue weighted by Gasteiger charge is -2.26. The molecule has 1 N–H and O–H groups in total. The molecule has 2 heterocycles. The van der Waals surface area contributed by atoms with Crippen molar-refractivity contribution in [2.45, 2.75) is 13.0 Å². The van der Waals surface area contributed by atoms with E-state index >= 15 is 0 Å². The number of benzene rings is 2. The molecule has 0 spiro atoms. The first-order chi connectivity index (χ1) is 17.8. The molecule has 194 valence electrons. The minimum Gasteiger partial charge on any atom is -0.504 e. The summed E-state index contributed by atoms with van der Waals surface area (Å²) < 4.78 is 23.7. The highest BCUT2D eigenvalue weighted by atomic mass is 79.9. The van der Waals surface area contributed by atoms with Gasteiger partial charge in [-0.1, -0.05) is 45.5 Å². The molecule has 1 aromatic heterocycles. The van der Waals surface area contributed by atoms with Gasteiger partial charge in [-0.3, -0.25) is 9.36 Å². The van der Waals surface area contributed by atoms with Gasteiger partial charge in [0.25, 0.3) is 5.56 Å². The van der Waals surface area contributed by atoms with Crippen molar-refractivity contribution in [1.29, 1.82) is 0 Å². The Balaban J connectivity index is 1.95. The maximum absolute atomic E-state index is 13.8. The number of esters is 1. The van der Waals surface area contributed by atoms with E-state index in [0.717, 1.165) is 11.3 Å². The van der Waals surface area contributed by atoms with Crippen LogP contribution in [0.2, 0.25) is 0 Å². The third kappa shape index (κ3) is 5.20. The van der Waals surface area contributed by atoms with E-state index in [1.165, 1.54) is 25.9 Å². The van der Waals surface area contributed by atoms with Gasteiger partial charge in [-0.25, -0.2) is 9.79 Å². The standard InChI is InChI=1S/C26H25BrN2O7S/c1-14-21(25(32)36-10-9-33-2)22(17-7-5-6-8-18(17)34-3)29-24(31)20(37-26(29)28-14)12-15-11-16(27)13-19(35-4)23(15)30/h5-8,11-13,22,30H,9-10H2,1-4H3. The molecule has 1 atom stereocenters. The average molecular weight is 589 g/mol. The second-order valence-electron chi connectivity index (χ2n) is 8.00. The number of phenols is 1. The minimum absolute atomic E-state index is 0.0547. The van der Waals surface area contributed by atoms with Crippen LogP contribution >= 0.6 is 27.3 Å². The van der Waals surface area contributed by atoms with Crippen LogP contribution in [0.4, 0.5) is 0 Å². The van der Waals surface area contributed by atoms with Crippen molar-refractivity contribution >= 4 is 39.3 Å². The molecule has 4 rings (SSSR count). The predicted octanol–water partition coefficient (Wildman–Crippen LogP) is 2.91. The van der Waals surface area contributed by atoms with Crippen LogP contribution in [0.3, 0.4) is 0 Å². The zero-order valence-electron chi connectivity index (χ0n) is 20.6. The zero-order valence-corrected chi connectivity index (χ0v) is 23.0. The van der Waals surface area contributed by atoms with Crippen LogP contribution in [0.1, 0.15) is 24.1 Å². The second-order valence-corrected chi connectivity index (χ2v) is 9.92. The van der Waals surface area contributed by atoms with Crippen molar-refractivity contribution in [2.75, 3.05) is 34.5 Å². The Morgan fingerprint density at radius 2 is 1.89 bits per heavy atom. The van der Waals surface area contributed by atoms with Crippen LogP contribution < -0.4 is 24.4 Å². The van der Waals surface area contributed by atoms with E-state index in [0.29, 0.717) is 36.4 Å². The molecule has 1 aliphatic heterocycles. The number of carbonyl (C=O) groups excluding carboxylic acids is 1. The number of halogens is 1. The number of aromatic hydroxyl groups is 1. The summed E-state index contributed by atoms with van der Waals surface area (Å²) in [5, 5.41) is 10.6. The van der Waals surface area contributed by atoms with Crippen molar-refractivity contribution in [3.05, 3.63) is 83.0 Å². The molecule has 2 aromatic carbocycles. The Morgan fingerprint density at radius 1 is 1.16 bits per heavy atom. The van der Waals surface area contributed by atoms with Gasteiger partial charge in [-0.15, -0.1) is 0 Å². The maximum Gasteiger partial charge on any atom is 0.338 e. The van der Waals surface area contributed by atoms with Crippen LogP contribution in [-0.2, 0) is 14.3 Å². The van der Waals surface area contributed by atoms with Gasteiger partial charge < -0.3 is 24.1 Å². The Morgan fingerprint density at radius 3 is 2.59 bits per heavy atom. The number of aromatic nitrogens is 1. The topological polar surface area (TPSA) is 109 Å². The molecule has 0 saturated heterocycles. The summed E-state index contributed by atoms with van der Waals surface area (Å²) in [5.41, 5.74) is 1.27. The molecular formula is C26H25BrN2O7S. The van der Waals surface area contributed by atoms with Crippen LogP contribution in [-0.4, -0.2) is 50.2 Å². The fraction of sp³-hybridized carbons (Fsp3) is 0.269. The molecular weight excluding hydrogens is 564 g/mol. The summed E-state index contributed by atoms with van der Waals surface area (Å²) >= 11 is 4.55. The molecule has 0 amide bonds. The highest BCUT2D eigenvalue weighted by Crippen LogP contribution is 2.36. The molecule has 0 bridgehead atoms. The number of ether oxygens (including phenoxy) is 4. The Hall–Kier alpha value is -3.41. The first-order valence-corrected chi connectivity index (χ1v) is 12.8. The molecule has 3 aromatic rings. The fourth-order valence-corrected chi connectivity index (χ4v) is 5.56. The lowest BCUT2D eigenvalue weighted by atomic mass is 9.95. The van der Waals surface area contributed by atoms with E-state index in [2.05, 4.69) is 20.9 Å². The summed E-state index contributed by atoms with van der Waals surface area (Å²) in [4.78, 5) is 32.0. The van der Waals surface area contributed by atoms with Crippen LogP contribution in [0.15, 0.2) is 61.9 Å². The Kier molecular flexibility index (Phi) is 8.16. The van der Waals surface area contributed by atoms with E-state index in [9.17, 15) is 14.7 Å². The largest absolute Gasteiger partial charge is 0.504 e. The van der Waals surface area contributed by atoms with Crippen LogP contribution in [0.25, 0.3) is 6.08 Å². The minimum atomic E-state index is -0.838. The first-order valence-electron chi connectivity index (χ1n) is 11.2. The maximum atomic E-state index is 13.8. The number of hydrogen-bond acceptors (Lipinski definition) is 9. The van der Waals surface area contributed by atoms with Gasteiger partial charge in [0, 0.05) is 22.7 Å². The van der Waals surface area contributed by atoms with Gasteiger partial charge in [0.15, 0.2) is 16.3 Å². The lowest BCUT2D eigenvalue weighted by Crippen LogP contribution is -2.40. The number of allylic oxidation sites excluding steroid dienone is 1. The molecule has 11 heteroatoms. The third-order valence-corrected chi connectivity index (χ3v) is 7.21. The molecule has 9 nitrogen and oxygen atoms in total. The SMILES string of the molecule is COCCOC(=O)C1=C(C)N=c2sc(=Cc3cc(Br)cc(OC)c3O)c(=O)n2C1c1ccccc1OC. The number of thiazole rings is 1. The van der Waals surface area contributed by atoms with Gasteiger partial charge in [-0.05, 0) is 31.2 Å². The van der Waals surface area contributed by atoms with Gasteiger partial charge in [0.1, 0.15) is 18.4 Å². The Bertz CT molecular complexity index is 1560. The number of hydrogen-bond donors (Lipinski definition) is 1. The number of carbonyl (C=O) groups is 1. The first kappa shape index (κ1) is 26.6. The molecule has 1 unspecified atom stereocenters. The molecule has 37 heavy (non-hydrogen) atoms. The number of phenolic OH excluding ortho intramolecular Hbond substituents is 1. The predicted molar refractivity (Wildman–Crippen MR) is 142 cm³/mol. The molecule has 0 saturated carbocycles. The van der Waals surface area contributed by atoms with E-state index < -0.39 is 12.0 Å². The van der Waals surface area contributed by atoms with Gasteiger partial charge in [-0.2, -0.15) is 0 Å². The smallest absolute Gasteiger partial charge is 0.338 e. The molecule has 0 fully saturated rings. The summed E-state index contributed by atoms with van der Waals surface area (Å²) in [6, 6.07) is 9.65. The monoisotopic (exact) mass is 588 g/mol. The lowest BCUT2D eigenvalue weighted by molar-refractivity contribution is -0.140. The summed E-state index contributed by atoms with van der Waals surface area (Å²) in [7, 11) is 4.49. The number of para-hydroxylation sites is 1.